The molecule has 2 amide bonds. The van der Waals surface area contributed by atoms with Crippen LogP contribution in [0.2, 0.25) is 18.1 Å². The van der Waals surface area contributed by atoms with Crippen molar-refractivity contribution in [1.29, 1.82) is 0 Å². The molecule has 0 bridgehead atoms. The first-order valence-corrected chi connectivity index (χ1v) is 16.0. The first-order valence-electron chi connectivity index (χ1n) is 13.1. The highest BCUT2D eigenvalue weighted by Gasteiger charge is 2.44. The zero-order valence-electron chi connectivity index (χ0n) is 22.7. The van der Waals surface area contributed by atoms with Crippen LogP contribution in [-0.4, -0.2) is 55.0 Å². The van der Waals surface area contributed by atoms with Crippen molar-refractivity contribution in [2.75, 3.05) is 6.54 Å². The second kappa shape index (κ2) is 10.7. The van der Waals surface area contributed by atoms with Crippen molar-refractivity contribution in [3.63, 3.8) is 0 Å². The largest absolute Gasteiger partial charge is 0.413 e. The summed E-state index contributed by atoms with van der Waals surface area (Å²) >= 11 is 0. The number of hydrogen-bond donors (Lipinski definition) is 1. The minimum absolute atomic E-state index is 0.0188. The molecule has 0 fully saturated rings. The van der Waals surface area contributed by atoms with Gasteiger partial charge in [0.1, 0.15) is 0 Å². The molecule has 0 saturated heterocycles. The van der Waals surface area contributed by atoms with Gasteiger partial charge < -0.3 is 14.3 Å². The maximum atomic E-state index is 12.9. The van der Waals surface area contributed by atoms with E-state index in [0.29, 0.717) is 29.7 Å². The van der Waals surface area contributed by atoms with Crippen molar-refractivity contribution in [2.45, 2.75) is 77.2 Å². The van der Waals surface area contributed by atoms with Crippen molar-refractivity contribution < 1.29 is 23.9 Å². The molecule has 1 aliphatic carbocycles. The number of benzene rings is 2. The third-order valence-electron chi connectivity index (χ3n) is 8.12. The summed E-state index contributed by atoms with van der Waals surface area (Å²) < 4.78 is 13.2. The maximum Gasteiger partial charge on any atom is 0.261 e. The third kappa shape index (κ3) is 5.65. The summed E-state index contributed by atoms with van der Waals surface area (Å²) in [4.78, 5) is 27.0. The van der Waals surface area contributed by atoms with E-state index >= 15 is 0 Å². The van der Waals surface area contributed by atoms with Crippen molar-refractivity contribution in [1.82, 2.24) is 4.90 Å². The SMILES string of the molecule is C[C@@H]1[C@H](O[Si](C)(C)C(C)(C)C)CC=C([C@H](O)CN2C(=O)c3ccccc3C2=O)[C@@H]1OCc1ccccc1. The van der Waals surface area contributed by atoms with Gasteiger partial charge in [-0.3, -0.25) is 14.5 Å². The van der Waals surface area contributed by atoms with Gasteiger partial charge in [0.25, 0.3) is 11.8 Å². The fourth-order valence-electron chi connectivity index (χ4n) is 4.81. The number of amides is 2. The minimum atomic E-state index is -2.03. The molecule has 0 unspecified atom stereocenters. The van der Waals surface area contributed by atoms with Crippen LogP contribution >= 0.6 is 0 Å². The second-order valence-electron chi connectivity index (χ2n) is 11.7. The number of aliphatic hydroxyl groups is 1. The molecule has 7 heteroatoms. The second-order valence-corrected chi connectivity index (χ2v) is 16.5. The molecule has 2 aromatic rings. The molecule has 6 nitrogen and oxygen atoms in total. The molecule has 2 aromatic carbocycles. The van der Waals surface area contributed by atoms with E-state index in [0.717, 1.165) is 10.5 Å². The molecule has 198 valence electrons. The van der Waals surface area contributed by atoms with Crippen molar-refractivity contribution in [2.24, 2.45) is 5.92 Å². The monoisotopic (exact) mass is 521 g/mol. The quantitative estimate of drug-likeness (QED) is 0.279. The third-order valence-corrected chi connectivity index (χ3v) is 12.6. The number of fused-ring (bicyclic) bond motifs is 1. The first kappa shape index (κ1) is 27.5. The van der Waals surface area contributed by atoms with Crippen molar-refractivity contribution >= 4 is 20.1 Å². The smallest absolute Gasteiger partial charge is 0.261 e. The van der Waals surface area contributed by atoms with Gasteiger partial charge in [-0.25, -0.2) is 0 Å². The van der Waals surface area contributed by atoms with E-state index in [2.05, 4.69) is 40.8 Å². The molecule has 2 aliphatic rings. The predicted octanol–water partition coefficient (Wildman–Crippen LogP) is 5.59. The van der Waals surface area contributed by atoms with Crippen LogP contribution in [0.4, 0.5) is 0 Å². The van der Waals surface area contributed by atoms with Crippen LogP contribution in [0.5, 0.6) is 0 Å². The minimum Gasteiger partial charge on any atom is -0.413 e. The Hall–Kier alpha value is -2.58. The Labute approximate surface area is 221 Å². The molecule has 4 atom stereocenters. The summed E-state index contributed by atoms with van der Waals surface area (Å²) in [5.74, 6) is -0.760. The van der Waals surface area contributed by atoms with Gasteiger partial charge >= 0.3 is 0 Å². The van der Waals surface area contributed by atoms with Gasteiger partial charge in [-0.1, -0.05) is 76.2 Å². The Bertz CT molecular complexity index is 1130. The van der Waals surface area contributed by atoms with Crippen LogP contribution < -0.4 is 0 Å². The number of carbonyl (C=O) groups is 2. The summed E-state index contributed by atoms with van der Waals surface area (Å²) in [6.07, 6.45) is 1.16. The highest BCUT2D eigenvalue weighted by molar-refractivity contribution is 6.74. The van der Waals surface area contributed by atoms with Crippen LogP contribution in [-0.2, 0) is 15.8 Å². The van der Waals surface area contributed by atoms with Crippen molar-refractivity contribution in [3.05, 3.63) is 82.9 Å². The van der Waals surface area contributed by atoms with E-state index in [4.69, 9.17) is 9.16 Å². The first-order chi connectivity index (χ1) is 17.4. The number of aliphatic hydroxyl groups excluding tert-OH is 1. The number of ether oxygens (including phenoxy) is 1. The normalized spacial score (nSPS) is 23.2. The highest BCUT2D eigenvalue weighted by Crippen LogP contribution is 2.41. The Morgan fingerprint density at radius 2 is 1.57 bits per heavy atom. The van der Waals surface area contributed by atoms with Gasteiger partial charge in [0.05, 0.1) is 42.6 Å². The molecule has 1 N–H and O–H groups in total. The molecular weight excluding hydrogens is 482 g/mol. The van der Waals surface area contributed by atoms with Gasteiger partial charge in [0.2, 0.25) is 0 Å². The Balaban J connectivity index is 1.56. The number of carbonyl (C=O) groups excluding carboxylic acids is 2. The van der Waals surface area contributed by atoms with Crippen LogP contribution in [0.3, 0.4) is 0 Å². The summed E-state index contributed by atoms with van der Waals surface area (Å²) in [6, 6.07) is 16.7. The van der Waals surface area contributed by atoms with Gasteiger partial charge in [0.15, 0.2) is 8.32 Å². The summed E-state index contributed by atoms with van der Waals surface area (Å²) in [6.45, 7) is 13.6. The van der Waals surface area contributed by atoms with Gasteiger partial charge in [-0.2, -0.15) is 0 Å². The Kier molecular flexibility index (Phi) is 7.90. The topological polar surface area (TPSA) is 76.1 Å². The van der Waals surface area contributed by atoms with Crippen LogP contribution in [0.1, 0.15) is 60.4 Å². The zero-order chi connectivity index (χ0) is 27.0. The lowest BCUT2D eigenvalue weighted by molar-refractivity contribution is -0.0334. The predicted molar refractivity (Wildman–Crippen MR) is 147 cm³/mol. The molecule has 4 rings (SSSR count). The van der Waals surface area contributed by atoms with Gasteiger partial charge in [0, 0.05) is 5.92 Å². The summed E-state index contributed by atoms with van der Waals surface area (Å²) in [7, 11) is -2.03. The molecule has 0 aromatic heterocycles. The van der Waals surface area contributed by atoms with E-state index in [1.54, 1.807) is 24.3 Å². The number of nitrogens with zero attached hydrogens (tertiary/aromatic N) is 1. The standard InChI is InChI=1S/C30H39NO5Si/c1-20-26(36-37(5,6)30(2,3)4)17-16-24(27(20)35-19-21-12-8-7-9-13-21)25(32)18-31-28(33)22-14-10-11-15-23(22)29(31)34/h7-16,20,25-27,32H,17-19H2,1-6H3/t20-,25-,26-,27-/m1/s1. The molecule has 0 spiro atoms. The van der Waals surface area contributed by atoms with Crippen molar-refractivity contribution in [3.8, 4) is 0 Å². The molecule has 0 radical (unpaired) electrons. The van der Waals surface area contributed by atoms with E-state index in [1.165, 1.54) is 0 Å². The number of rotatable bonds is 8. The zero-order valence-corrected chi connectivity index (χ0v) is 23.7. The Morgan fingerprint density at radius 3 is 2.14 bits per heavy atom. The highest BCUT2D eigenvalue weighted by atomic mass is 28.4. The lowest BCUT2D eigenvalue weighted by Crippen LogP contribution is -2.50. The van der Waals surface area contributed by atoms with E-state index in [9.17, 15) is 14.7 Å². The van der Waals surface area contributed by atoms with Gasteiger partial charge in [-0.05, 0) is 47.8 Å². The van der Waals surface area contributed by atoms with E-state index in [-0.39, 0.29) is 35.4 Å². The van der Waals surface area contributed by atoms with Crippen LogP contribution in [0.25, 0.3) is 0 Å². The van der Waals surface area contributed by atoms with E-state index in [1.807, 2.05) is 36.4 Å². The van der Waals surface area contributed by atoms with Crippen LogP contribution in [0.15, 0.2) is 66.2 Å². The summed E-state index contributed by atoms with van der Waals surface area (Å²) in [5.41, 5.74) is 2.50. The van der Waals surface area contributed by atoms with Crippen LogP contribution in [0, 0.1) is 5.92 Å². The molecule has 0 saturated carbocycles. The fraction of sp³-hybridized carbons (Fsp3) is 0.467. The fourth-order valence-corrected chi connectivity index (χ4v) is 6.23. The van der Waals surface area contributed by atoms with E-state index < -0.39 is 20.5 Å². The molecular formula is C30H39NO5Si. The average Bonchev–Trinajstić information content (AvgIpc) is 3.09. The lowest BCUT2D eigenvalue weighted by atomic mass is 9.82. The lowest BCUT2D eigenvalue weighted by Gasteiger charge is -2.44. The molecule has 1 heterocycles. The van der Waals surface area contributed by atoms with Gasteiger partial charge in [-0.15, -0.1) is 0 Å². The maximum absolute atomic E-state index is 12.9. The number of β-amino-alcohol motifs (C(OH)–C–C–N with tert-alkyl or cyclic N) is 1. The average molecular weight is 522 g/mol. The molecule has 37 heavy (non-hydrogen) atoms. The Morgan fingerprint density at radius 1 is 1.00 bits per heavy atom. The summed E-state index contributed by atoms with van der Waals surface area (Å²) in [5, 5.41) is 11.4. The number of hydrogen-bond acceptors (Lipinski definition) is 5. The molecule has 1 aliphatic heterocycles. The number of imide groups is 1.